The number of anilines is 1. The zero-order chi connectivity index (χ0) is 19.9. The van der Waals surface area contributed by atoms with Crippen molar-refractivity contribution in [1.29, 1.82) is 0 Å². The SMILES string of the molecule is CCOc1cccc2sc(N(CCCN(C)C)C(=O)/C=C/c3cccs3)nc12. The van der Waals surface area contributed by atoms with Gasteiger partial charge < -0.3 is 9.64 Å². The predicted octanol–water partition coefficient (Wildman–Crippen LogP) is 4.75. The molecule has 0 aliphatic rings. The van der Waals surface area contributed by atoms with E-state index in [4.69, 9.17) is 9.72 Å². The van der Waals surface area contributed by atoms with Gasteiger partial charge in [0.15, 0.2) is 5.13 Å². The molecule has 0 aliphatic heterocycles. The number of nitrogens with zero attached hydrogens (tertiary/aromatic N) is 3. The Labute approximate surface area is 173 Å². The number of benzene rings is 1. The lowest BCUT2D eigenvalue weighted by Crippen LogP contribution is -2.32. The summed E-state index contributed by atoms with van der Waals surface area (Å²) in [6, 6.07) is 9.88. The van der Waals surface area contributed by atoms with Gasteiger partial charge in [0, 0.05) is 17.5 Å². The highest BCUT2D eigenvalue weighted by molar-refractivity contribution is 7.22. The number of hydrogen-bond donors (Lipinski definition) is 0. The van der Waals surface area contributed by atoms with Crippen LogP contribution in [0.1, 0.15) is 18.2 Å². The van der Waals surface area contributed by atoms with Gasteiger partial charge in [-0.05, 0) is 63.6 Å². The van der Waals surface area contributed by atoms with Crippen LogP contribution in [0.4, 0.5) is 5.13 Å². The molecule has 2 heterocycles. The highest BCUT2D eigenvalue weighted by Crippen LogP contribution is 2.34. The van der Waals surface area contributed by atoms with Crippen molar-refractivity contribution in [1.82, 2.24) is 9.88 Å². The van der Waals surface area contributed by atoms with Crippen molar-refractivity contribution in [3.63, 3.8) is 0 Å². The van der Waals surface area contributed by atoms with Crippen molar-refractivity contribution >= 4 is 50.0 Å². The molecule has 0 unspecified atom stereocenters. The Morgan fingerprint density at radius 2 is 2.07 bits per heavy atom. The number of ether oxygens (including phenoxy) is 1. The number of thiophene rings is 1. The Morgan fingerprint density at radius 3 is 2.79 bits per heavy atom. The van der Waals surface area contributed by atoms with Crippen LogP contribution < -0.4 is 9.64 Å². The normalized spacial score (nSPS) is 11.6. The van der Waals surface area contributed by atoms with Crippen LogP contribution in [0.3, 0.4) is 0 Å². The van der Waals surface area contributed by atoms with Gasteiger partial charge >= 0.3 is 0 Å². The molecule has 3 rings (SSSR count). The Bertz CT molecular complexity index is 932. The molecule has 0 fully saturated rings. The van der Waals surface area contributed by atoms with Crippen molar-refractivity contribution in [3.05, 3.63) is 46.7 Å². The van der Waals surface area contributed by atoms with Gasteiger partial charge in [0.1, 0.15) is 11.3 Å². The van der Waals surface area contributed by atoms with Crippen LogP contribution in [0.5, 0.6) is 5.75 Å². The van der Waals surface area contributed by atoms with Gasteiger partial charge in [0.25, 0.3) is 5.91 Å². The summed E-state index contributed by atoms with van der Waals surface area (Å²) >= 11 is 3.14. The second kappa shape index (κ2) is 9.82. The highest BCUT2D eigenvalue weighted by Gasteiger charge is 2.19. The Kier molecular flexibility index (Phi) is 7.19. The first-order valence-corrected chi connectivity index (χ1v) is 11.0. The predicted molar refractivity (Wildman–Crippen MR) is 120 cm³/mol. The maximum Gasteiger partial charge on any atom is 0.252 e. The molecule has 1 aromatic carbocycles. The van der Waals surface area contributed by atoms with E-state index in [1.807, 2.05) is 62.8 Å². The minimum absolute atomic E-state index is 0.0517. The summed E-state index contributed by atoms with van der Waals surface area (Å²) in [5, 5.41) is 2.71. The summed E-state index contributed by atoms with van der Waals surface area (Å²) < 4.78 is 6.73. The molecule has 2 aromatic heterocycles. The molecule has 0 saturated heterocycles. The quantitative estimate of drug-likeness (QED) is 0.473. The molecule has 0 spiro atoms. The summed E-state index contributed by atoms with van der Waals surface area (Å²) in [7, 11) is 4.07. The van der Waals surface area contributed by atoms with E-state index < -0.39 is 0 Å². The first-order chi connectivity index (χ1) is 13.6. The molecule has 1 amide bonds. The Hall–Kier alpha value is -2.22. The monoisotopic (exact) mass is 415 g/mol. The summed E-state index contributed by atoms with van der Waals surface area (Å²) in [5.41, 5.74) is 0.817. The van der Waals surface area contributed by atoms with Gasteiger partial charge in [-0.2, -0.15) is 0 Å². The molecule has 0 atom stereocenters. The summed E-state index contributed by atoms with van der Waals surface area (Å²) in [6.07, 6.45) is 4.38. The van der Waals surface area contributed by atoms with Gasteiger partial charge in [-0.1, -0.05) is 23.5 Å². The second-order valence-electron chi connectivity index (χ2n) is 6.53. The van der Waals surface area contributed by atoms with E-state index in [9.17, 15) is 4.79 Å². The zero-order valence-electron chi connectivity index (χ0n) is 16.4. The van der Waals surface area contributed by atoms with Gasteiger partial charge in [-0.15, -0.1) is 11.3 Å². The number of carbonyl (C=O) groups excluding carboxylic acids is 1. The fourth-order valence-corrected chi connectivity index (χ4v) is 4.41. The maximum atomic E-state index is 13.0. The van der Waals surface area contributed by atoms with Crippen LogP contribution in [0.15, 0.2) is 41.8 Å². The second-order valence-corrected chi connectivity index (χ2v) is 8.52. The van der Waals surface area contributed by atoms with Crippen molar-refractivity contribution < 1.29 is 9.53 Å². The number of aromatic nitrogens is 1. The standard InChI is InChI=1S/C21H25N3O2S2/c1-4-26-17-9-5-10-18-20(17)22-21(28-18)24(14-7-13-23(2)3)19(25)12-11-16-8-6-15-27-16/h5-6,8-12,15H,4,7,13-14H2,1-3H3/b12-11+. The lowest BCUT2D eigenvalue weighted by Gasteiger charge is -2.19. The maximum absolute atomic E-state index is 13.0. The number of para-hydroxylation sites is 1. The van der Waals surface area contributed by atoms with E-state index in [-0.39, 0.29) is 5.91 Å². The minimum atomic E-state index is -0.0517. The van der Waals surface area contributed by atoms with Crippen LogP contribution in [0.2, 0.25) is 0 Å². The van der Waals surface area contributed by atoms with Crippen LogP contribution in [0.25, 0.3) is 16.3 Å². The molecule has 0 N–H and O–H groups in total. The molecule has 0 saturated carbocycles. The lowest BCUT2D eigenvalue weighted by atomic mass is 10.3. The lowest BCUT2D eigenvalue weighted by molar-refractivity contribution is -0.114. The van der Waals surface area contributed by atoms with Gasteiger partial charge in [-0.25, -0.2) is 4.98 Å². The molecule has 0 bridgehead atoms. The first-order valence-electron chi connectivity index (χ1n) is 9.28. The van der Waals surface area contributed by atoms with E-state index in [1.165, 1.54) is 11.3 Å². The van der Waals surface area contributed by atoms with Crippen molar-refractivity contribution in [2.24, 2.45) is 0 Å². The molecule has 5 nitrogen and oxygen atoms in total. The molecule has 0 radical (unpaired) electrons. The number of carbonyl (C=O) groups is 1. The van der Waals surface area contributed by atoms with Crippen LogP contribution in [0, 0.1) is 0 Å². The molecule has 3 aromatic rings. The van der Waals surface area contributed by atoms with E-state index >= 15 is 0 Å². The summed E-state index contributed by atoms with van der Waals surface area (Å²) in [4.78, 5) is 22.7. The van der Waals surface area contributed by atoms with E-state index in [0.717, 1.165) is 33.8 Å². The zero-order valence-corrected chi connectivity index (χ0v) is 18.1. The minimum Gasteiger partial charge on any atom is -0.492 e. The Morgan fingerprint density at radius 1 is 1.21 bits per heavy atom. The molecular formula is C21H25N3O2S2. The molecule has 7 heteroatoms. The third kappa shape index (κ3) is 5.19. The van der Waals surface area contributed by atoms with E-state index in [1.54, 1.807) is 22.3 Å². The highest BCUT2D eigenvalue weighted by atomic mass is 32.1. The largest absolute Gasteiger partial charge is 0.492 e. The molecule has 28 heavy (non-hydrogen) atoms. The smallest absolute Gasteiger partial charge is 0.252 e. The van der Waals surface area contributed by atoms with E-state index in [2.05, 4.69) is 4.90 Å². The van der Waals surface area contributed by atoms with Gasteiger partial charge in [-0.3, -0.25) is 9.69 Å². The van der Waals surface area contributed by atoms with Crippen LogP contribution in [-0.4, -0.2) is 49.6 Å². The third-order valence-electron chi connectivity index (χ3n) is 4.09. The number of rotatable bonds is 9. The molecular weight excluding hydrogens is 390 g/mol. The van der Waals surface area contributed by atoms with E-state index in [0.29, 0.717) is 18.3 Å². The summed E-state index contributed by atoms with van der Waals surface area (Å²) in [5.74, 6) is 0.710. The number of hydrogen-bond acceptors (Lipinski definition) is 6. The summed E-state index contributed by atoms with van der Waals surface area (Å²) in [6.45, 7) is 4.07. The number of amides is 1. The molecule has 0 aliphatic carbocycles. The average molecular weight is 416 g/mol. The topological polar surface area (TPSA) is 45.7 Å². The molecule has 148 valence electrons. The third-order valence-corrected chi connectivity index (χ3v) is 5.97. The first kappa shape index (κ1) is 20.5. The fraction of sp³-hybridized carbons (Fsp3) is 0.333. The number of fused-ring (bicyclic) bond motifs is 1. The average Bonchev–Trinajstić information content (AvgIpc) is 3.33. The Balaban J connectivity index is 1.88. The number of thiazole rings is 1. The van der Waals surface area contributed by atoms with Crippen molar-refractivity contribution in [2.75, 3.05) is 38.7 Å². The van der Waals surface area contributed by atoms with Crippen molar-refractivity contribution in [3.8, 4) is 5.75 Å². The van der Waals surface area contributed by atoms with Crippen LogP contribution >= 0.6 is 22.7 Å². The van der Waals surface area contributed by atoms with Gasteiger partial charge in [0.05, 0.1) is 11.3 Å². The van der Waals surface area contributed by atoms with Gasteiger partial charge in [0.2, 0.25) is 0 Å². The van der Waals surface area contributed by atoms with Crippen LogP contribution in [-0.2, 0) is 4.79 Å². The fourth-order valence-electron chi connectivity index (χ4n) is 2.77. The van der Waals surface area contributed by atoms with Crippen molar-refractivity contribution in [2.45, 2.75) is 13.3 Å².